The smallest absolute Gasteiger partial charge is 0.231 e. The van der Waals surface area contributed by atoms with Gasteiger partial charge in [-0.25, -0.2) is 0 Å². The van der Waals surface area contributed by atoms with Crippen molar-refractivity contribution in [2.24, 2.45) is 0 Å². The van der Waals surface area contributed by atoms with Gasteiger partial charge in [0.05, 0.1) is 18.8 Å². The first-order valence-electron chi connectivity index (χ1n) is 6.82. The largest absolute Gasteiger partial charge is 0.454 e. The Morgan fingerprint density at radius 2 is 1.95 bits per heavy atom. The predicted molar refractivity (Wildman–Crippen MR) is 71.9 cm³/mol. The Hall–Kier alpha value is -2.57. The van der Waals surface area contributed by atoms with Crippen LogP contribution in [0.4, 0.5) is 0 Å². The molecular weight excluding hydrogens is 272 g/mol. The fourth-order valence-electron chi connectivity index (χ4n) is 2.56. The molecule has 21 heavy (non-hydrogen) atoms. The van der Waals surface area contributed by atoms with Crippen molar-refractivity contribution in [3.05, 3.63) is 36.2 Å². The molecule has 0 atom stereocenters. The van der Waals surface area contributed by atoms with Crippen molar-refractivity contribution in [1.82, 2.24) is 19.9 Å². The third kappa shape index (κ3) is 2.20. The molecule has 0 aliphatic carbocycles. The van der Waals surface area contributed by atoms with E-state index in [1.807, 2.05) is 23.1 Å². The number of aromatic nitrogens is 3. The first-order chi connectivity index (χ1) is 10.3. The number of nitrogens with zero attached hydrogens (tertiary/aromatic N) is 4. The van der Waals surface area contributed by atoms with Crippen LogP contribution >= 0.6 is 0 Å². The summed E-state index contributed by atoms with van der Waals surface area (Å²) in [7, 11) is 0. The van der Waals surface area contributed by atoms with Crippen LogP contribution in [-0.4, -0.2) is 45.7 Å². The highest BCUT2D eigenvalue weighted by atomic mass is 16.7. The zero-order valence-electron chi connectivity index (χ0n) is 11.3. The zero-order chi connectivity index (χ0) is 14.2. The molecule has 1 saturated heterocycles. The molecule has 2 aromatic rings. The molecule has 1 fully saturated rings. The Kier molecular flexibility index (Phi) is 2.77. The maximum Gasteiger partial charge on any atom is 0.231 e. The van der Waals surface area contributed by atoms with Gasteiger partial charge in [-0.2, -0.15) is 15.0 Å². The quantitative estimate of drug-likeness (QED) is 0.828. The van der Waals surface area contributed by atoms with E-state index in [4.69, 9.17) is 9.47 Å². The molecule has 2 aliphatic heterocycles. The van der Waals surface area contributed by atoms with Crippen molar-refractivity contribution >= 4 is 5.91 Å². The Morgan fingerprint density at radius 3 is 2.76 bits per heavy atom. The minimum absolute atomic E-state index is 0.109. The predicted octanol–water partition coefficient (Wildman–Crippen LogP) is 0.633. The Morgan fingerprint density at radius 1 is 1.19 bits per heavy atom. The lowest BCUT2D eigenvalue weighted by Crippen LogP contribution is -2.51. The van der Waals surface area contributed by atoms with Crippen molar-refractivity contribution < 1.29 is 14.3 Å². The van der Waals surface area contributed by atoms with Crippen LogP contribution in [0.5, 0.6) is 11.5 Å². The van der Waals surface area contributed by atoms with E-state index in [-0.39, 0.29) is 18.7 Å². The van der Waals surface area contributed by atoms with Crippen molar-refractivity contribution in [3.63, 3.8) is 0 Å². The fraction of sp³-hybridized carbons (Fsp3) is 0.357. The van der Waals surface area contributed by atoms with Crippen LogP contribution in [0.3, 0.4) is 0 Å². The van der Waals surface area contributed by atoms with Crippen LogP contribution in [0.15, 0.2) is 30.6 Å². The molecule has 1 aromatic heterocycles. The van der Waals surface area contributed by atoms with Gasteiger partial charge in [-0.1, -0.05) is 6.07 Å². The van der Waals surface area contributed by atoms with Crippen molar-refractivity contribution in [3.8, 4) is 11.5 Å². The molecule has 0 N–H and O–H groups in total. The van der Waals surface area contributed by atoms with Crippen LogP contribution < -0.4 is 9.47 Å². The number of rotatable bonds is 3. The average molecular weight is 286 g/mol. The number of likely N-dealkylation sites (tertiary alicyclic amines) is 1. The molecule has 7 nitrogen and oxygen atoms in total. The van der Waals surface area contributed by atoms with E-state index < -0.39 is 0 Å². The number of ether oxygens (including phenoxy) is 2. The third-order valence-corrected chi connectivity index (χ3v) is 3.77. The molecule has 7 heteroatoms. The van der Waals surface area contributed by atoms with Crippen LogP contribution in [0, 0.1) is 0 Å². The second-order valence-corrected chi connectivity index (χ2v) is 5.17. The summed E-state index contributed by atoms with van der Waals surface area (Å²) in [6, 6.07) is 5.81. The van der Waals surface area contributed by atoms with Gasteiger partial charge in [0.2, 0.25) is 12.7 Å². The minimum Gasteiger partial charge on any atom is -0.454 e. The first kappa shape index (κ1) is 12.2. The minimum atomic E-state index is 0.109. The van der Waals surface area contributed by atoms with Gasteiger partial charge in [0.15, 0.2) is 11.5 Å². The molecule has 0 unspecified atom stereocenters. The molecule has 0 bridgehead atoms. The number of hydrogen-bond acceptors (Lipinski definition) is 5. The molecule has 3 heterocycles. The number of carbonyl (C=O) groups excluding carboxylic acids is 1. The second kappa shape index (κ2) is 4.76. The van der Waals surface area contributed by atoms with Crippen LogP contribution in [0.25, 0.3) is 0 Å². The van der Waals surface area contributed by atoms with Crippen molar-refractivity contribution in [1.29, 1.82) is 0 Å². The molecular formula is C14H14N4O3. The summed E-state index contributed by atoms with van der Waals surface area (Å²) >= 11 is 0. The Bertz CT molecular complexity index is 665. The molecule has 1 aromatic carbocycles. The summed E-state index contributed by atoms with van der Waals surface area (Å²) in [6.07, 6.45) is 3.67. The van der Waals surface area contributed by atoms with E-state index in [9.17, 15) is 4.79 Å². The number of fused-ring (bicyclic) bond motifs is 1. The van der Waals surface area contributed by atoms with Crippen LogP contribution in [0.1, 0.15) is 11.6 Å². The summed E-state index contributed by atoms with van der Waals surface area (Å²) in [5, 5.41) is 8.19. The number of hydrogen-bond donors (Lipinski definition) is 0. The van der Waals surface area contributed by atoms with Crippen molar-refractivity contribution in [2.75, 3.05) is 19.9 Å². The van der Waals surface area contributed by atoms with E-state index in [0.717, 1.165) is 11.3 Å². The van der Waals surface area contributed by atoms with E-state index >= 15 is 0 Å². The summed E-state index contributed by atoms with van der Waals surface area (Å²) in [5.41, 5.74) is 0.935. The monoisotopic (exact) mass is 286 g/mol. The Balaban J connectivity index is 1.37. The topological polar surface area (TPSA) is 69.5 Å². The molecule has 108 valence electrons. The maximum atomic E-state index is 12.2. The average Bonchev–Trinajstić information content (AvgIpc) is 3.06. The van der Waals surface area contributed by atoms with E-state index in [1.165, 1.54) is 0 Å². The number of benzene rings is 1. The lowest BCUT2D eigenvalue weighted by atomic mass is 10.1. The van der Waals surface area contributed by atoms with Crippen LogP contribution in [0.2, 0.25) is 0 Å². The summed E-state index contributed by atoms with van der Waals surface area (Å²) < 4.78 is 10.6. The van der Waals surface area contributed by atoms with Gasteiger partial charge in [-0.15, -0.1) is 0 Å². The number of amides is 1. The first-order valence-corrected chi connectivity index (χ1v) is 6.82. The lowest BCUT2D eigenvalue weighted by Gasteiger charge is -2.38. The lowest BCUT2D eigenvalue weighted by molar-refractivity contribution is -0.136. The van der Waals surface area contributed by atoms with E-state index in [0.29, 0.717) is 25.3 Å². The molecule has 4 rings (SSSR count). The van der Waals surface area contributed by atoms with E-state index in [2.05, 4.69) is 10.2 Å². The normalized spacial score (nSPS) is 16.9. The van der Waals surface area contributed by atoms with Gasteiger partial charge in [0.1, 0.15) is 6.04 Å². The van der Waals surface area contributed by atoms with Gasteiger partial charge < -0.3 is 14.4 Å². The van der Waals surface area contributed by atoms with Gasteiger partial charge in [0, 0.05) is 13.1 Å². The van der Waals surface area contributed by atoms with Crippen molar-refractivity contribution in [2.45, 2.75) is 12.5 Å². The van der Waals surface area contributed by atoms with Gasteiger partial charge >= 0.3 is 0 Å². The van der Waals surface area contributed by atoms with Gasteiger partial charge in [-0.05, 0) is 17.7 Å². The SMILES string of the molecule is O=C(Cc1ccc2c(c1)OCO2)N1CC(n2nccn2)C1. The zero-order valence-corrected chi connectivity index (χ0v) is 11.3. The summed E-state index contributed by atoms with van der Waals surface area (Å²) in [5.74, 6) is 1.56. The highest BCUT2D eigenvalue weighted by molar-refractivity contribution is 5.79. The number of carbonyl (C=O) groups is 1. The third-order valence-electron chi connectivity index (χ3n) is 3.77. The molecule has 0 saturated carbocycles. The molecule has 0 radical (unpaired) electrons. The summed E-state index contributed by atoms with van der Waals surface area (Å²) in [4.78, 5) is 15.7. The molecule has 0 spiro atoms. The van der Waals surface area contributed by atoms with Crippen LogP contribution in [-0.2, 0) is 11.2 Å². The van der Waals surface area contributed by atoms with Gasteiger partial charge in [0.25, 0.3) is 0 Å². The standard InChI is InChI=1S/C14H14N4O3/c19-14(17-7-11(8-17)18-15-3-4-16-18)6-10-1-2-12-13(5-10)21-9-20-12/h1-5,11H,6-9H2. The Labute approximate surface area is 121 Å². The summed E-state index contributed by atoms with van der Waals surface area (Å²) in [6.45, 7) is 1.58. The second-order valence-electron chi connectivity index (χ2n) is 5.17. The van der Waals surface area contributed by atoms with Gasteiger partial charge in [-0.3, -0.25) is 4.79 Å². The highest BCUT2D eigenvalue weighted by Gasteiger charge is 2.32. The highest BCUT2D eigenvalue weighted by Crippen LogP contribution is 2.33. The molecule has 2 aliphatic rings. The maximum absolute atomic E-state index is 12.2. The molecule has 1 amide bonds. The van der Waals surface area contributed by atoms with E-state index in [1.54, 1.807) is 17.2 Å². The fourth-order valence-corrected chi connectivity index (χ4v) is 2.56.